The molecule has 0 aliphatic carbocycles. The molecule has 0 radical (unpaired) electrons. The zero-order valence-electron chi connectivity index (χ0n) is 16.3. The van der Waals surface area contributed by atoms with E-state index in [0.717, 1.165) is 18.6 Å². The molecule has 9 nitrogen and oxygen atoms in total. The summed E-state index contributed by atoms with van der Waals surface area (Å²) in [7, 11) is -3.97. The molecule has 0 aliphatic rings. The Kier molecular flexibility index (Phi) is 8.52. The molecule has 2 aromatic rings. The third-order valence-electron chi connectivity index (χ3n) is 3.86. The number of halogens is 2. The summed E-state index contributed by atoms with van der Waals surface area (Å²) in [6.45, 7) is 2.13. The van der Waals surface area contributed by atoms with Crippen molar-refractivity contribution in [3.05, 3.63) is 40.4 Å². The van der Waals surface area contributed by atoms with E-state index in [1.807, 2.05) is 6.92 Å². The van der Waals surface area contributed by atoms with Crippen LogP contribution in [0.3, 0.4) is 0 Å². The molecule has 2 aromatic carbocycles. The number of anilines is 1. The Labute approximate surface area is 189 Å². The Balaban J connectivity index is 2.26. The summed E-state index contributed by atoms with van der Waals surface area (Å²) in [5.41, 5.74) is 0.155. The third kappa shape index (κ3) is 7.00. The molecular weight excluding hydrogens is 471 g/mol. The molecular formula is C19H20Cl2N2O7S. The number of carbonyl (C=O) groups excluding carboxylic acids is 1. The van der Waals surface area contributed by atoms with Crippen LogP contribution < -0.4 is 14.8 Å². The number of amides is 1. The van der Waals surface area contributed by atoms with Crippen molar-refractivity contribution in [2.75, 3.05) is 11.9 Å². The lowest BCUT2D eigenvalue weighted by Crippen LogP contribution is -2.24. The van der Waals surface area contributed by atoms with Crippen LogP contribution in [0.25, 0.3) is 0 Å². The maximum Gasteiger partial charge on any atom is 0.312 e. The number of carbonyl (C=O) groups is 2. The molecule has 12 heteroatoms. The predicted molar refractivity (Wildman–Crippen MR) is 116 cm³/mol. The zero-order chi connectivity index (χ0) is 23.2. The van der Waals surface area contributed by atoms with Crippen molar-refractivity contribution in [1.29, 1.82) is 0 Å². The molecule has 0 spiro atoms. The minimum Gasteiger partial charge on any atom is -0.507 e. The van der Waals surface area contributed by atoms with Gasteiger partial charge in [0.1, 0.15) is 22.8 Å². The minimum atomic E-state index is -3.97. The van der Waals surface area contributed by atoms with E-state index in [1.165, 1.54) is 18.2 Å². The van der Waals surface area contributed by atoms with Gasteiger partial charge >= 0.3 is 5.97 Å². The highest BCUT2D eigenvalue weighted by Crippen LogP contribution is 2.40. The summed E-state index contributed by atoms with van der Waals surface area (Å²) < 4.78 is 32.9. The van der Waals surface area contributed by atoms with E-state index in [1.54, 1.807) is 0 Å². The largest absolute Gasteiger partial charge is 0.507 e. The van der Waals surface area contributed by atoms with E-state index in [9.17, 15) is 23.1 Å². The van der Waals surface area contributed by atoms with Crippen molar-refractivity contribution >= 4 is 50.8 Å². The molecule has 31 heavy (non-hydrogen) atoms. The predicted octanol–water partition coefficient (Wildman–Crippen LogP) is 3.98. The van der Waals surface area contributed by atoms with Gasteiger partial charge in [-0.25, -0.2) is 13.1 Å². The lowest BCUT2D eigenvalue weighted by Gasteiger charge is -2.14. The summed E-state index contributed by atoms with van der Waals surface area (Å²) in [6.07, 6.45) is 0.697. The molecule has 0 saturated carbocycles. The van der Waals surface area contributed by atoms with Crippen LogP contribution in [0.4, 0.5) is 5.69 Å². The van der Waals surface area contributed by atoms with Crippen LogP contribution in [0.1, 0.15) is 26.2 Å². The first-order valence-corrected chi connectivity index (χ1v) is 11.3. The van der Waals surface area contributed by atoms with Gasteiger partial charge in [-0.1, -0.05) is 36.5 Å². The first kappa shape index (κ1) is 24.7. The van der Waals surface area contributed by atoms with Gasteiger partial charge in [-0.15, -0.1) is 0 Å². The molecule has 0 aliphatic heterocycles. The highest BCUT2D eigenvalue weighted by molar-refractivity contribution is 7.89. The Bertz CT molecular complexity index is 1070. The number of nitrogens with one attached hydrogen (secondary N) is 2. The molecule has 168 valence electrons. The number of carboxylic acids is 1. The summed E-state index contributed by atoms with van der Waals surface area (Å²) in [5, 5.41) is 20.9. The van der Waals surface area contributed by atoms with E-state index in [-0.39, 0.29) is 38.7 Å². The van der Waals surface area contributed by atoms with Gasteiger partial charge in [0.25, 0.3) is 0 Å². The molecule has 0 fully saturated rings. The van der Waals surface area contributed by atoms with Gasteiger partial charge in [0.2, 0.25) is 15.9 Å². The molecule has 0 bridgehead atoms. The number of phenols is 1. The second kappa shape index (κ2) is 10.7. The monoisotopic (exact) mass is 490 g/mol. The summed E-state index contributed by atoms with van der Waals surface area (Å²) in [5.74, 6) is -2.49. The van der Waals surface area contributed by atoms with E-state index in [4.69, 9.17) is 33.0 Å². The Morgan fingerprint density at radius 2 is 1.77 bits per heavy atom. The van der Waals surface area contributed by atoms with Gasteiger partial charge in [-0.2, -0.15) is 0 Å². The quantitative estimate of drug-likeness (QED) is 0.291. The summed E-state index contributed by atoms with van der Waals surface area (Å²) in [4.78, 5) is 21.8. The number of hydrogen-bond donors (Lipinski definition) is 4. The number of sulfonamides is 1. The lowest BCUT2D eigenvalue weighted by atomic mass is 10.2. The van der Waals surface area contributed by atoms with Crippen molar-refractivity contribution in [3.8, 4) is 17.2 Å². The molecule has 2 rings (SSSR count). The van der Waals surface area contributed by atoms with E-state index >= 15 is 0 Å². The van der Waals surface area contributed by atoms with E-state index < -0.39 is 34.1 Å². The second-order valence-corrected chi connectivity index (χ2v) is 8.92. The molecule has 0 heterocycles. The fourth-order valence-corrected chi connectivity index (χ4v) is 4.17. The molecule has 0 aromatic heterocycles. The first-order valence-electron chi connectivity index (χ1n) is 9.04. The fourth-order valence-electron chi connectivity index (χ4n) is 2.42. The van der Waals surface area contributed by atoms with Crippen LogP contribution in [-0.2, 0) is 19.6 Å². The normalized spacial score (nSPS) is 11.2. The number of benzene rings is 2. The maximum absolute atomic E-state index is 12.4. The lowest BCUT2D eigenvalue weighted by molar-refractivity contribution is -0.139. The average molecular weight is 491 g/mol. The van der Waals surface area contributed by atoms with Gasteiger partial charge in [0.05, 0.1) is 10.0 Å². The van der Waals surface area contributed by atoms with Gasteiger partial charge in [-0.05, 0) is 30.7 Å². The topological polar surface area (TPSA) is 142 Å². The molecule has 1 amide bonds. The maximum atomic E-state index is 12.4. The number of aliphatic carboxylic acids is 1. The van der Waals surface area contributed by atoms with Gasteiger partial charge < -0.3 is 20.3 Å². The average Bonchev–Trinajstić information content (AvgIpc) is 2.65. The number of phenolic OH excluding ortho intramolecular Hbond substituents is 1. The molecule has 4 N–H and O–H groups in total. The first-order chi connectivity index (χ1) is 14.5. The standard InChI is InChI=1S/C19H20Cl2N2O7S/c1-2-3-6-22-31(28,29)16-9-12(4-5-15(16)24)30-19-13(20)7-11(8-14(19)21)23-17(25)10-18(26)27/h4-5,7-9,22,24H,2-3,6,10H2,1H3,(H,23,25)(H,26,27). The van der Waals surface area contributed by atoms with E-state index in [0.29, 0.717) is 6.42 Å². The molecule has 0 unspecified atom stereocenters. The molecule has 0 atom stereocenters. The van der Waals surface area contributed by atoms with Crippen molar-refractivity contribution in [2.45, 2.75) is 31.1 Å². The van der Waals surface area contributed by atoms with Crippen LogP contribution in [0.15, 0.2) is 35.2 Å². The van der Waals surface area contributed by atoms with Crippen molar-refractivity contribution in [3.63, 3.8) is 0 Å². The number of unbranched alkanes of at least 4 members (excludes halogenated alkanes) is 1. The van der Waals surface area contributed by atoms with Crippen molar-refractivity contribution < 1.29 is 33.0 Å². The van der Waals surface area contributed by atoms with Crippen LogP contribution >= 0.6 is 23.2 Å². The SMILES string of the molecule is CCCCNS(=O)(=O)c1cc(Oc2c(Cl)cc(NC(=O)CC(=O)O)cc2Cl)ccc1O. The fraction of sp³-hybridized carbons (Fsp3) is 0.263. The van der Waals surface area contributed by atoms with Gasteiger partial charge in [0, 0.05) is 18.3 Å². The smallest absolute Gasteiger partial charge is 0.312 e. The van der Waals surface area contributed by atoms with Crippen molar-refractivity contribution in [2.24, 2.45) is 0 Å². The number of ether oxygens (including phenoxy) is 1. The van der Waals surface area contributed by atoms with Crippen LogP contribution in [0.5, 0.6) is 17.2 Å². The molecule has 0 saturated heterocycles. The number of aromatic hydroxyl groups is 1. The number of carboxylic acid groups (broad SMARTS) is 1. The Hall–Kier alpha value is -2.53. The van der Waals surface area contributed by atoms with Gasteiger partial charge in [-0.3, -0.25) is 9.59 Å². The Morgan fingerprint density at radius 3 is 2.35 bits per heavy atom. The third-order valence-corrected chi connectivity index (χ3v) is 5.91. The van der Waals surface area contributed by atoms with Crippen molar-refractivity contribution in [1.82, 2.24) is 4.72 Å². The number of rotatable bonds is 10. The van der Waals surface area contributed by atoms with E-state index in [2.05, 4.69) is 10.0 Å². The zero-order valence-corrected chi connectivity index (χ0v) is 18.6. The summed E-state index contributed by atoms with van der Waals surface area (Å²) in [6, 6.07) is 6.21. The van der Waals surface area contributed by atoms with Crippen LogP contribution in [0, 0.1) is 0 Å². The van der Waals surface area contributed by atoms with Gasteiger partial charge in [0.15, 0.2) is 5.75 Å². The Morgan fingerprint density at radius 1 is 1.13 bits per heavy atom. The minimum absolute atomic E-state index is 0.0170. The second-order valence-electron chi connectivity index (χ2n) is 6.37. The highest BCUT2D eigenvalue weighted by atomic mass is 35.5. The summed E-state index contributed by atoms with van der Waals surface area (Å²) >= 11 is 12.3. The highest BCUT2D eigenvalue weighted by Gasteiger charge is 2.20. The van der Waals surface area contributed by atoms with Crippen LogP contribution in [0.2, 0.25) is 10.0 Å². The van der Waals surface area contributed by atoms with Crippen LogP contribution in [-0.4, -0.2) is 37.1 Å². The number of hydrogen-bond acceptors (Lipinski definition) is 6.